The Labute approximate surface area is 121 Å². The molecular formula is C13H14FNO5S. The fourth-order valence-corrected chi connectivity index (χ4v) is 3.27. The summed E-state index contributed by atoms with van der Waals surface area (Å²) in [6.07, 6.45) is 3.05. The van der Waals surface area contributed by atoms with Gasteiger partial charge in [-0.1, -0.05) is 12.2 Å². The zero-order chi connectivity index (χ0) is 15.6. The number of methoxy groups -OCH3 is 1. The van der Waals surface area contributed by atoms with Gasteiger partial charge >= 0.3 is 5.97 Å². The minimum Gasteiger partial charge on any atom is -0.494 e. The Hall–Kier alpha value is -1.93. The van der Waals surface area contributed by atoms with Crippen molar-refractivity contribution < 1.29 is 27.4 Å². The summed E-state index contributed by atoms with van der Waals surface area (Å²) in [6, 6.07) is 2.67. The summed E-state index contributed by atoms with van der Waals surface area (Å²) in [6.45, 7) is 0. The summed E-state index contributed by atoms with van der Waals surface area (Å²) in [5, 5.41) is 8.85. The molecule has 1 aliphatic rings. The van der Waals surface area contributed by atoms with E-state index in [0.29, 0.717) is 0 Å². The molecule has 2 atom stereocenters. The molecule has 0 aliphatic heterocycles. The molecular weight excluding hydrogens is 301 g/mol. The van der Waals surface area contributed by atoms with E-state index < -0.39 is 33.8 Å². The summed E-state index contributed by atoms with van der Waals surface area (Å²) in [4.78, 5) is 10.6. The molecule has 0 spiro atoms. The molecule has 0 aromatic heterocycles. The lowest BCUT2D eigenvalue weighted by atomic mass is 10.1. The zero-order valence-corrected chi connectivity index (χ0v) is 11.9. The third-order valence-electron chi connectivity index (χ3n) is 3.14. The molecule has 8 heteroatoms. The molecule has 0 bridgehead atoms. The van der Waals surface area contributed by atoms with E-state index in [9.17, 15) is 17.6 Å². The number of ether oxygens (including phenoxy) is 1. The highest BCUT2D eigenvalue weighted by molar-refractivity contribution is 7.89. The predicted molar refractivity (Wildman–Crippen MR) is 71.9 cm³/mol. The second-order valence-electron chi connectivity index (χ2n) is 4.59. The molecule has 0 radical (unpaired) electrons. The van der Waals surface area contributed by atoms with E-state index in [1.54, 1.807) is 0 Å². The Morgan fingerprint density at radius 3 is 2.67 bits per heavy atom. The van der Waals surface area contributed by atoms with Crippen molar-refractivity contribution in [3.05, 3.63) is 36.2 Å². The van der Waals surface area contributed by atoms with Gasteiger partial charge in [0, 0.05) is 6.04 Å². The number of hydrogen-bond acceptors (Lipinski definition) is 4. The number of rotatable bonds is 5. The number of sulfonamides is 1. The number of aliphatic carboxylic acids is 1. The van der Waals surface area contributed by atoms with Crippen molar-refractivity contribution in [2.24, 2.45) is 5.92 Å². The van der Waals surface area contributed by atoms with Crippen molar-refractivity contribution in [1.82, 2.24) is 4.72 Å². The summed E-state index contributed by atoms with van der Waals surface area (Å²) >= 11 is 0. The monoisotopic (exact) mass is 315 g/mol. The van der Waals surface area contributed by atoms with Crippen molar-refractivity contribution in [2.75, 3.05) is 7.11 Å². The number of halogens is 1. The van der Waals surface area contributed by atoms with Gasteiger partial charge in [0.2, 0.25) is 10.0 Å². The van der Waals surface area contributed by atoms with Crippen LogP contribution >= 0.6 is 0 Å². The smallest absolute Gasteiger partial charge is 0.310 e. The summed E-state index contributed by atoms with van der Waals surface area (Å²) in [5.41, 5.74) is 0. The Morgan fingerprint density at radius 2 is 2.14 bits per heavy atom. The molecule has 21 heavy (non-hydrogen) atoms. The van der Waals surface area contributed by atoms with Gasteiger partial charge in [-0.05, 0) is 24.6 Å². The maximum Gasteiger partial charge on any atom is 0.310 e. The quantitative estimate of drug-likeness (QED) is 0.795. The van der Waals surface area contributed by atoms with Gasteiger partial charge in [-0.3, -0.25) is 4.79 Å². The van der Waals surface area contributed by atoms with Gasteiger partial charge in [-0.25, -0.2) is 17.5 Å². The van der Waals surface area contributed by atoms with Crippen LogP contribution in [0.2, 0.25) is 0 Å². The van der Waals surface area contributed by atoms with Crippen LogP contribution in [-0.2, 0) is 14.8 Å². The summed E-state index contributed by atoms with van der Waals surface area (Å²) in [7, 11) is -2.65. The van der Waals surface area contributed by atoms with Crippen LogP contribution in [-0.4, -0.2) is 32.6 Å². The molecule has 0 saturated heterocycles. The van der Waals surface area contributed by atoms with E-state index in [1.807, 2.05) is 0 Å². The number of carboxylic acid groups (broad SMARTS) is 1. The molecule has 1 aromatic carbocycles. The lowest BCUT2D eigenvalue weighted by molar-refractivity contribution is -0.140. The van der Waals surface area contributed by atoms with E-state index in [0.717, 1.165) is 6.07 Å². The van der Waals surface area contributed by atoms with E-state index >= 15 is 0 Å². The van der Waals surface area contributed by atoms with Crippen molar-refractivity contribution >= 4 is 16.0 Å². The summed E-state index contributed by atoms with van der Waals surface area (Å²) < 4.78 is 44.8. The largest absolute Gasteiger partial charge is 0.494 e. The maximum atomic E-state index is 13.6. The number of carbonyl (C=O) groups is 1. The minimum absolute atomic E-state index is 0.0550. The van der Waals surface area contributed by atoms with Crippen LogP contribution in [0.3, 0.4) is 0 Å². The molecule has 2 N–H and O–H groups in total. The van der Waals surface area contributed by atoms with Crippen LogP contribution in [0.1, 0.15) is 6.42 Å². The Bertz CT molecular complexity index is 686. The van der Waals surface area contributed by atoms with Crippen LogP contribution in [0.25, 0.3) is 0 Å². The molecule has 1 aromatic rings. The SMILES string of the molecule is COc1ccc(S(=O)(=O)NC2C=CC(C(=O)O)C2)cc1F. The minimum atomic E-state index is -3.93. The average Bonchev–Trinajstić information content (AvgIpc) is 2.86. The lowest BCUT2D eigenvalue weighted by Gasteiger charge is -2.13. The first kappa shape index (κ1) is 15.5. The molecule has 0 amide bonds. The molecule has 114 valence electrons. The van der Waals surface area contributed by atoms with Crippen LogP contribution in [0.5, 0.6) is 5.75 Å². The molecule has 0 heterocycles. The van der Waals surface area contributed by atoms with Gasteiger partial charge in [0.05, 0.1) is 17.9 Å². The van der Waals surface area contributed by atoms with Gasteiger partial charge < -0.3 is 9.84 Å². The van der Waals surface area contributed by atoms with Crippen LogP contribution in [0.4, 0.5) is 4.39 Å². The first-order valence-corrected chi connectivity index (χ1v) is 7.59. The highest BCUT2D eigenvalue weighted by Crippen LogP contribution is 2.23. The van der Waals surface area contributed by atoms with Gasteiger partial charge in [0.25, 0.3) is 0 Å². The fraction of sp³-hybridized carbons (Fsp3) is 0.308. The number of nitrogens with one attached hydrogen (secondary N) is 1. The Kier molecular flexibility index (Phi) is 4.29. The van der Waals surface area contributed by atoms with Crippen molar-refractivity contribution in [3.63, 3.8) is 0 Å². The molecule has 0 fully saturated rings. The topological polar surface area (TPSA) is 92.7 Å². The highest BCUT2D eigenvalue weighted by atomic mass is 32.2. The predicted octanol–water partition coefficient (Wildman–Crippen LogP) is 1.14. The third kappa shape index (κ3) is 3.40. The maximum absolute atomic E-state index is 13.6. The van der Waals surface area contributed by atoms with Gasteiger partial charge in [0.1, 0.15) is 0 Å². The van der Waals surface area contributed by atoms with Crippen molar-refractivity contribution in [3.8, 4) is 5.75 Å². The average molecular weight is 315 g/mol. The van der Waals surface area contributed by atoms with Crippen LogP contribution < -0.4 is 9.46 Å². The van der Waals surface area contributed by atoms with Crippen molar-refractivity contribution in [2.45, 2.75) is 17.4 Å². The first-order chi connectivity index (χ1) is 9.83. The van der Waals surface area contributed by atoms with E-state index in [2.05, 4.69) is 4.72 Å². The van der Waals surface area contributed by atoms with E-state index in [4.69, 9.17) is 9.84 Å². The van der Waals surface area contributed by atoms with E-state index in [-0.39, 0.29) is 17.1 Å². The van der Waals surface area contributed by atoms with Crippen LogP contribution in [0.15, 0.2) is 35.2 Å². The molecule has 6 nitrogen and oxygen atoms in total. The van der Waals surface area contributed by atoms with Gasteiger partial charge in [0.15, 0.2) is 11.6 Å². The third-order valence-corrected chi connectivity index (χ3v) is 4.63. The zero-order valence-electron chi connectivity index (χ0n) is 11.1. The second-order valence-corrected chi connectivity index (χ2v) is 6.30. The highest BCUT2D eigenvalue weighted by Gasteiger charge is 2.28. The van der Waals surface area contributed by atoms with Gasteiger partial charge in [-0.2, -0.15) is 0 Å². The number of carboxylic acids is 1. The second kappa shape index (κ2) is 5.82. The number of benzene rings is 1. The van der Waals surface area contributed by atoms with E-state index in [1.165, 1.54) is 31.4 Å². The molecule has 2 unspecified atom stereocenters. The standard InChI is InChI=1S/C13H14FNO5S/c1-20-12-5-4-10(7-11(12)14)21(18,19)15-9-3-2-8(6-9)13(16)17/h2-5,7-9,15H,6H2,1H3,(H,16,17). The fourth-order valence-electron chi connectivity index (χ4n) is 2.05. The molecule has 1 aliphatic carbocycles. The Balaban J connectivity index is 2.15. The Morgan fingerprint density at radius 1 is 1.43 bits per heavy atom. The van der Waals surface area contributed by atoms with Crippen LogP contribution in [0, 0.1) is 11.7 Å². The van der Waals surface area contributed by atoms with Crippen molar-refractivity contribution in [1.29, 1.82) is 0 Å². The normalized spacial score (nSPS) is 21.4. The number of hydrogen-bond donors (Lipinski definition) is 2. The summed E-state index contributed by atoms with van der Waals surface area (Å²) in [5.74, 6) is -2.57. The first-order valence-electron chi connectivity index (χ1n) is 6.10. The van der Waals surface area contributed by atoms with Gasteiger partial charge in [-0.15, -0.1) is 0 Å². The molecule has 0 saturated carbocycles. The lowest BCUT2D eigenvalue weighted by Crippen LogP contribution is -2.33. The molecule has 2 rings (SSSR count).